The molecular formula is C7H19NO2. The van der Waals surface area contributed by atoms with E-state index in [0.29, 0.717) is 0 Å². The van der Waals surface area contributed by atoms with E-state index < -0.39 is 5.72 Å². The van der Waals surface area contributed by atoms with Crippen molar-refractivity contribution in [1.82, 2.24) is 5.32 Å². The third-order valence-electron chi connectivity index (χ3n) is 1.66. The minimum atomic E-state index is -0.700. The summed E-state index contributed by atoms with van der Waals surface area (Å²) in [6.45, 7) is 8.56. The van der Waals surface area contributed by atoms with E-state index in [1.165, 1.54) is 0 Å². The van der Waals surface area contributed by atoms with E-state index in [-0.39, 0.29) is 11.4 Å². The maximum Gasteiger partial charge on any atom is 0.115 e. The van der Waals surface area contributed by atoms with Gasteiger partial charge in [0.05, 0.1) is 0 Å². The molecule has 0 fully saturated rings. The molecule has 0 saturated carbocycles. The Labute approximate surface area is 62.8 Å². The molecule has 4 N–H and O–H groups in total. The van der Waals surface area contributed by atoms with E-state index in [0.717, 1.165) is 6.54 Å². The molecular weight excluding hydrogens is 130 g/mol. The van der Waals surface area contributed by atoms with Crippen molar-refractivity contribution in [2.45, 2.75) is 33.4 Å². The zero-order valence-electron chi connectivity index (χ0n) is 7.23. The number of aliphatic hydroxyl groups is 1. The van der Waals surface area contributed by atoms with Gasteiger partial charge in [0, 0.05) is 0 Å². The molecule has 10 heavy (non-hydrogen) atoms. The number of nitrogens with one attached hydrogen (secondary N) is 1. The Morgan fingerprint density at radius 1 is 1.50 bits per heavy atom. The standard InChI is InChI=1S/C7H17NO.H2O/c1-5-8-7(4,9)6(2)3;/h6,8-9H,5H2,1-4H3;1H2. The molecule has 0 heterocycles. The Kier molecular flexibility index (Phi) is 5.84. The topological polar surface area (TPSA) is 63.8 Å². The van der Waals surface area contributed by atoms with Gasteiger partial charge in [-0.3, -0.25) is 5.32 Å². The molecule has 3 heteroatoms. The first kappa shape index (κ1) is 12.5. The first-order valence-electron chi connectivity index (χ1n) is 3.48. The second-order valence-electron chi connectivity index (χ2n) is 2.83. The molecule has 0 aliphatic rings. The fourth-order valence-electron chi connectivity index (χ4n) is 0.562. The lowest BCUT2D eigenvalue weighted by Gasteiger charge is -2.28. The molecule has 0 aromatic carbocycles. The van der Waals surface area contributed by atoms with Crippen molar-refractivity contribution in [2.75, 3.05) is 6.54 Å². The summed E-state index contributed by atoms with van der Waals surface area (Å²) >= 11 is 0. The highest BCUT2D eigenvalue weighted by Crippen LogP contribution is 2.10. The number of hydrogen-bond acceptors (Lipinski definition) is 2. The molecule has 0 rings (SSSR count). The third-order valence-corrected chi connectivity index (χ3v) is 1.66. The summed E-state index contributed by atoms with van der Waals surface area (Å²) in [5.74, 6) is 0.262. The summed E-state index contributed by atoms with van der Waals surface area (Å²) in [4.78, 5) is 0. The van der Waals surface area contributed by atoms with E-state index >= 15 is 0 Å². The molecule has 0 aliphatic heterocycles. The van der Waals surface area contributed by atoms with Crippen LogP contribution in [0.1, 0.15) is 27.7 Å². The molecule has 1 atom stereocenters. The number of hydrogen-bond donors (Lipinski definition) is 2. The van der Waals surface area contributed by atoms with E-state index in [2.05, 4.69) is 5.32 Å². The van der Waals surface area contributed by atoms with Gasteiger partial charge in [-0.15, -0.1) is 0 Å². The second kappa shape index (κ2) is 4.66. The third kappa shape index (κ3) is 3.82. The zero-order valence-corrected chi connectivity index (χ0v) is 7.23. The van der Waals surface area contributed by atoms with Crippen molar-refractivity contribution >= 4 is 0 Å². The Balaban J connectivity index is 0. The van der Waals surface area contributed by atoms with Crippen LogP contribution in [-0.4, -0.2) is 22.9 Å². The van der Waals surface area contributed by atoms with Gasteiger partial charge < -0.3 is 10.6 Å². The molecule has 3 nitrogen and oxygen atoms in total. The maximum absolute atomic E-state index is 9.48. The zero-order chi connectivity index (χ0) is 7.49. The predicted octanol–water partition coefficient (Wildman–Crippen LogP) is 0.136. The maximum atomic E-state index is 9.48. The number of rotatable bonds is 3. The molecule has 0 spiro atoms. The van der Waals surface area contributed by atoms with Crippen molar-refractivity contribution in [3.63, 3.8) is 0 Å². The summed E-state index contributed by atoms with van der Waals surface area (Å²) < 4.78 is 0. The van der Waals surface area contributed by atoms with Gasteiger partial charge in [-0.2, -0.15) is 0 Å². The average Bonchev–Trinajstić information content (AvgIpc) is 1.65. The Morgan fingerprint density at radius 2 is 1.90 bits per heavy atom. The van der Waals surface area contributed by atoms with Gasteiger partial charge in [0.2, 0.25) is 0 Å². The molecule has 1 unspecified atom stereocenters. The molecule has 0 aliphatic carbocycles. The van der Waals surface area contributed by atoms with Crippen LogP contribution in [0, 0.1) is 5.92 Å². The molecule has 64 valence electrons. The quantitative estimate of drug-likeness (QED) is 0.560. The Bertz CT molecular complexity index is 81.7. The van der Waals surface area contributed by atoms with Gasteiger partial charge in [-0.1, -0.05) is 20.8 Å². The monoisotopic (exact) mass is 149 g/mol. The minimum Gasteiger partial charge on any atom is -0.412 e. The van der Waals surface area contributed by atoms with Crippen LogP contribution in [0.3, 0.4) is 0 Å². The van der Waals surface area contributed by atoms with E-state index in [1.807, 2.05) is 20.8 Å². The molecule has 0 amide bonds. The van der Waals surface area contributed by atoms with Crippen molar-refractivity contribution in [2.24, 2.45) is 5.92 Å². The largest absolute Gasteiger partial charge is 0.412 e. The molecule has 0 aromatic heterocycles. The van der Waals surface area contributed by atoms with Crippen LogP contribution >= 0.6 is 0 Å². The molecule has 0 radical (unpaired) electrons. The highest BCUT2D eigenvalue weighted by molar-refractivity contribution is 4.71. The highest BCUT2D eigenvalue weighted by Gasteiger charge is 2.22. The predicted molar refractivity (Wildman–Crippen MR) is 42.8 cm³/mol. The second-order valence-corrected chi connectivity index (χ2v) is 2.83. The van der Waals surface area contributed by atoms with Crippen LogP contribution < -0.4 is 5.32 Å². The molecule has 0 aromatic rings. The Morgan fingerprint density at radius 3 is 2.00 bits per heavy atom. The van der Waals surface area contributed by atoms with E-state index in [9.17, 15) is 5.11 Å². The summed E-state index contributed by atoms with van der Waals surface area (Å²) in [7, 11) is 0. The van der Waals surface area contributed by atoms with Crippen LogP contribution in [0.5, 0.6) is 0 Å². The lowest BCUT2D eigenvalue weighted by molar-refractivity contribution is -0.0179. The van der Waals surface area contributed by atoms with Gasteiger partial charge in [-0.05, 0) is 19.4 Å². The smallest absolute Gasteiger partial charge is 0.115 e. The van der Waals surface area contributed by atoms with Crippen LogP contribution in [0.4, 0.5) is 0 Å². The molecule has 0 saturated heterocycles. The van der Waals surface area contributed by atoms with Crippen molar-refractivity contribution in [1.29, 1.82) is 0 Å². The van der Waals surface area contributed by atoms with Gasteiger partial charge in [0.15, 0.2) is 0 Å². The van der Waals surface area contributed by atoms with E-state index in [4.69, 9.17) is 0 Å². The van der Waals surface area contributed by atoms with Crippen LogP contribution in [0.15, 0.2) is 0 Å². The normalized spacial score (nSPS) is 16.2. The first-order chi connectivity index (χ1) is 4.00. The Hall–Kier alpha value is -0.120. The van der Waals surface area contributed by atoms with Crippen molar-refractivity contribution < 1.29 is 10.6 Å². The van der Waals surface area contributed by atoms with E-state index in [1.54, 1.807) is 6.92 Å². The SMILES string of the molecule is CCNC(C)(O)C(C)C.O. The average molecular weight is 149 g/mol. The summed E-state index contributed by atoms with van der Waals surface area (Å²) in [5.41, 5.74) is -0.700. The van der Waals surface area contributed by atoms with Crippen LogP contribution in [-0.2, 0) is 0 Å². The lowest BCUT2D eigenvalue weighted by Crippen LogP contribution is -2.46. The minimum absolute atomic E-state index is 0. The summed E-state index contributed by atoms with van der Waals surface area (Å²) in [6.07, 6.45) is 0. The van der Waals surface area contributed by atoms with Gasteiger partial charge in [0.25, 0.3) is 0 Å². The lowest BCUT2D eigenvalue weighted by atomic mass is 10.0. The fraction of sp³-hybridized carbons (Fsp3) is 1.00. The van der Waals surface area contributed by atoms with Gasteiger partial charge in [0.1, 0.15) is 5.72 Å². The highest BCUT2D eigenvalue weighted by atomic mass is 16.3. The fourth-order valence-corrected chi connectivity index (χ4v) is 0.562. The molecule has 0 bridgehead atoms. The van der Waals surface area contributed by atoms with Gasteiger partial charge in [-0.25, -0.2) is 0 Å². The van der Waals surface area contributed by atoms with Crippen LogP contribution in [0.2, 0.25) is 0 Å². The van der Waals surface area contributed by atoms with Gasteiger partial charge >= 0.3 is 0 Å². The van der Waals surface area contributed by atoms with Crippen molar-refractivity contribution in [3.8, 4) is 0 Å². The summed E-state index contributed by atoms with van der Waals surface area (Å²) in [5, 5.41) is 12.5. The van der Waals surface area contributed by atoms with Crippen molar-refractivity contribution in [3.05, 3.63) is 0 Å². The first-order valence-corrected chi connectivity index (χ1v) is 3.48. The van der Waals surface area contributed by atoms with Crippen LogP contribution in [0.25, 0.3) is 0 Å². The summed E-state index contributed by atoms with van der Waals surface area (Å²) in [6, 6.07) is 0.